The molecule has 8 N–H and O–H groups in total. The fourth-order valence-electron chi connectivity index (χ4n) is 3.55. The lowest BCUT2D eigenvalue weighted by atomic mass is 9.84. The second kappa shape index (κ2) is 10.3. The van der Waals surface area contributed by atoms with E-state index in [4.69, 9.17) is 36.4 Å². The van der Waals surface area contributed by atoms with Crippen LogP contribution in [0.4, 0.5) is 5.95 Å². The third-order valence-electron chi connectivity index (χ3n) is 4.83. The van der Waals surface area contributed by atoms with Crippen molar-refractivity contribution in [2.45, 2.75) is 31.0 Å². The molecule has 1 saturated heterocycles. The highest BCUT2D eigenvalue weighted by Gasteiger charge is 2.58. The number of hydrogen-bond acceptors (Lipinski definition) is 13. The summed E-state index contributed by atoms with van der Waals surface area (Å²) in [6.07, 6.45) is -2.10. The molecule has 200 valence electrons. The summed E-state index contributed by atoms with van der Waals surface area (Å²) in [7, 11) is -17.0. The highest BCUT2D eigenvalue weighted by molar-refractivity contribution is 7.66. The number of nitrogens with zero attached hydrogens (tertiary/aromatic N) is 4. The Kier molecular flexibility index (Phi) is 8.34. The molecule has 4 unspecified atom stereocenters. The summed E-state index contributed by atoms with van der Waals surface area (Å²) in [5.41, 5.74) is 3.66. The fourth-order valence-corrected chi connectivity index (χ4v) is 6.90. The van der Waals surface area contributed by atoms with E-state index in [1.54, 1.807) is 0 Å². The molecule has 7 atom stereocenters. The predicted molar refractivity (Wildman–Crippen MR) is 117 cm³/mol. The van der Waals surface area contributed by atoms with E-state index < -0.39 is 60.0 Å². The van der Waals surface area contributed by atoms with Crippen LogP contribution in [0.2, 0.25) is 0 Å². The van der Waals surface area contributed by atoms with Crippen molar-refractivity contribution in [1.29, 1.82) is 0 Å². The summed E-state index contributed by atoms with van der Waals surface area (Å²) < 4.78 is 53.8. The molecule has 0 saturated carbocycles. The first kappa shape index (κ1) is 29.1. The molecule has 0 radical (unpaired) electrons. The van der Waals surface area contributed by atoms with Gasteiger partial charge < -0.3 is 40.3 Å². The van der Waals surface area contributed by atoms with Gasteiger partial charge in [0, 0.05) is 5.38 Å². The summed E-state index contributed by atoms with van der Waals surface area (Å²) in [6, 6.07) is 0. The van der Waals surface area contributed by atoms with Gasteiger partial charge in [-0.2, -0.15) is 13.6 Å². The van der Waals surface area contributed by atoms with E-state index in [2.05, 4.69) is 29.5 Å². The number of nitrogens with two attached hydrogens (primary N) is 1. The van der Waals surface area contributed by atoms with E-state index in [0.717, 1.165) is 6.92 Å². The van der Waals surface area contributed by atoms with Gasteiger partial charge in [-0.25, -0.2) is 23.7 Å². The quantitative estimate of drug-likeness (QED) is 0.143. The van der Waals surface area contributed by atoms with Crippen LogP contribution in [0.5, 0.6) is 0 Å². The van der Waals surface area contributed by atoms with Crippen LogP contribution in [0.1, 0.15) is 13.2 Å². The number of imidazole rings is 1. The Morgan fingerprint density at radius 3 is 2.50 bits per heavy atom. The summed E-state index contributed by atoms with van der Waals surface area (Å²) in [4.78, 5) is 48.3. The lowest BCUT2D eigenvalue weighted by Crippen LogP contribution is -2.45. The molecule has 3 rings (SSSR count). The number of hydrogen-bond donors (Lipinski definition) is 7. The van der Waals surface area contributed by atoms with Crippen LogP contribution in [-0.2, 0) is 31.6 Å². The Morgan fingerprint density at radius 2 is 1.92 bits per heavy atom. The van der Waals surface area contributed by atoms with E-state index in [-0.39, 0.29) is 17.1 Å². The number of ether oxygens (including phenoxy) is 1. The van der Waals surface area contributed by atoms with Crippen LogP contribution < -0.4 is 5.73 Å². The first-order valence-corrected chi connectivity index (χ1v) is 14.3. The predicted octanol–water partition coefficient (Wildman–Crippen LogP) is -0.423. The molecule has 0 spiro atoms. The van der Waals surface area contributed by atoms with E-state index >= 15 is 0 Å². The van der Waals surface area contributed by atoms with Crippen LogP contribution in [0.25, 0.3) is 11.2 Å². The van der Waals surface area contributed by atoms with Gasteiger partial charge in [0.1, 0.15) is 5.52 Å². The zero-order valence-corrected chi connectivity index (χ0v) is 21.2. The van der Waals surface area contributed by atoms with Crippen molar-refractivity contribution in [3.63, 3.8) is 0 Å². The number of rotatable bonds is 9. The largest absolute Gasteiger partial charge is 0.490 e. The Hall–Kier alpha value is -1.51. The van der Waals surface area contributed by atoms with Gasteiger partial charge >= 0.3 is 23.5 Å². The average molecular weight is 594 g/mol. The monoisotopic (exact) mass is 593 g/mol. The third kappa shape index (κ3) is 6.30. The molecule has 2 aromatic rings. The SMILES string of the molecule is C[C@H](OP(=O)(O)OP(=O)(O)OP(=O)(O)O)[C@H]1O[C@@H](n2cnc3cnc(N)nc32)C(O)(C#CCl)C1CO. The van der Waals surface area contributed by atoms with E-state index in [0.29, 0.717) is 0 Å². The van der Waals surface area contributed by atoms with Gasteiger partial charge in [-0.3, -0.25) is 9.09 Å². The molecule has 3 heterocycles. The van der Waals surface area contributed by atoms with Crippen molar-refractivity contribution in [3.8, 4) is 11.3 Å². The minimum absolute atomic E-state index is 0.0835. The van der Waals surface area contributed by atoms with E-state index in [9.17, 15) is 33.7 Å². The highest BCUT2D eigenvalue weighted by Crippen LogP contribution is 2.67. The maximum absolute atomic E-state index is 12.3. The van der Waals surface area contributed by atoms with Crippen LogP contribution in [-0.4, -0.2) is 73.7 Å². The number of anilines is 1. The van der Waals surface area contributed by atoms with E-state index in [1.807, 2.05) is 5.38 Å². The minimum atomic E-state index is -5.78. The average Bonchev–Trinajstić information content (AvgIpc) is 3.22. The smallest absolute Gasteiger partial charge is 0.396 e. The zero-order valence-electron chi connectivity index (χ0n) is 17.8. The topological polar surface area (TPSA) is 279 Å². The van der Waals surface area contributed by atoms with Gasteiger partial charge in [-0.15, -0.1) is 0 Å². The van der Waals surface area contributed by atoms with Crippen LogP contribution in [0, 0.1) is 17.2 Å². The summed E-state index contributed by atoms with van der Waals surface area (Å²) in [5.74, 6) is 0.775. The molecule has 2 aromatic heterocycles. The summed E-state index contributed by atoms with van der Waals surface area (Å²) in [6.45, 7) is 0.270. The maximum Gasteiger partial charge on any atom is 0.490 e. The van der Waals surface area contributed by atoms with Gasteiger partial charge in [0.05, 0.1) is 37.3 Å². The third-order valence-corrected chi connectivity index (χ3v) is 8.85. The van der Waals surface area contributed by atoms with Gasteiger partial charge in [0.2, 0.25) is 5.95 Å². The first-order chi connectivity index (χ1) is 16.5. The minimum Gasteiger partial charge on any atom is -0.396 e. The summed E-state index contributed by atoms with van der Waals surface area (Å²) >= 11 is 5.52. The second-order valence-corrected chi connectivity index (χ2v) is 11.8. The number of phosphoric acid groups is 3. The summed E-state index contributed by atoms with van der Waals surface area (Å²) in [5, 5.41) is 23.4. The number of aliphatic hydroxyl groups excluding tert-OH is 1. The van der Waals surface area contributed by atoms with Crippen molar-refractivity contribution >= 4 is 52.2 Å². The van der Waals surface area contributed by atoms with Crippen LogP contribution in [0.3, 0.4) is 0 Å². The molecule has 0 aliphatic carbocycles. The van der Waals surface area contributed by atoms with Crippen LogP contribution >= 0.6 is 35.1 Å². The maximum atomic E-state index is 12.3. The van der Waals surface area contributed by atoms with Crippen molar-refractivity contribution in [2.75, 3.05) is 12.3 Å². The molecule has 36 heavy (non-hydrogen) atoms. The van der Waals surface area contributed by atoms with Crippen LogP contribution in [0.15, 0.2) is 12.5 Å². The number of halogens is 1. The number of aliphatic hydroxyl groups is 2. The number of fused-ring (bicyclic) bond motifs is 1. The lowest BCUT2D eigenvalue weighted by molar-refractivity contribution is -0.0830. The second-order valence-electron chi connectivity index (χ2n) is 7.28. The Balaban J connectivity index is 1.93. The Labute approximate surface area is 206 Å². The highest BCUT2D eigenvalue weighted by atomic mass is 35.5. The van der Waals surface area contributed by atoms with Gasteiger partial charge in [-0.1, -0.05) is 0 Å². The molecule has 0 amide bonds. The molecule has 1 fully saturated rings. The molecule has 1 aliphatic rings. The zero-order chi connectivity index (χ0) is 27.1. The van der Waals surface area contributed by atoms with Crippen molar-refractivity contribution in [2.24, 2.45) is 5.92 Å². The van der Waals surface area contributed by atoms with Gasteiger partial charge in [0.15, 0.2) is 17.5 Å². The van der Waals surface area contributed by atoms with E-state index in [1.165, 1.54) is 17.1 Å². The number of nitrogen functional groups attached to an aromatic ring is 1. The molecule has 0 aromatic carbocycles. The Morgan fingerprint density at radius 1 is 1.25 bits per heavy atom. The van der Waals surface area contributed by atoms with Gasteiger partial charge in [-0.05, 0) is 24.4 Å². The number of aromatic nitrogens is 4. The van der Waals surface area contributed by atoms with Crippen molar-refractivity contribution in [3.05, 3.63) is 12.5 Å². The van der Waals surface area contributed by atoms with Gasteiger partial charge in [0.25, 0.3) is 0 Å². The molecular formula is C14H19ClN5O13P3. The Bertz CT molecular complexity index is 1340. The standard InChI is InChI=1S/C14H19ClN5O13P3/c1-7(31-35(26,27)33-36(28,29)32-34(23,24)25)10-8(5-21)14(22,2-3-15)12(30-10)20-6-18-9-4-17-13(16)19-11(9)20/h4,6-8,10,12,21-22H,5H2,1H3,(H,26,27)(H,28,29)(H2,16,17,19)(H2,23,24,25)/t7-,8?,10+,12+,14?/m0/s1. The molecule has 18 nitrogen and oxygen atoms in total. The fraction of sp³-hybridized carbons (Fsp3) is 0.500. The number of phosphoric ester groups is 1. The van der Waals surface area contributed by atoms with Crippen molar-refractivity contribution in [1.82, 2.24) is 19.5 Å². The first-order valence-electron chi connectivity index (χ1n) is 9.40. The molecular weight excluding hydrogens is 575 g/mol. The molecule has 22 heteroatoms. The molecule has 1 aliphatic heterocycles. The lowest BCUT2D eigenvalue weighted by Gasteiger charge is -2.29. The normalized spacial score (nSPS) is 28.7. The molecule has 0 bridgehead atoms. The van der Waals surface area contributed by atoms with Crippen molar-refractivity contribution < 1.29 is 61.4 Å².